The SMILES string of the molecule is COc1ccc(OBOc2ccc(OC)c(OC3CCCC3)c2)cc1OC1CCCC1. The van der Waals surface area contributed by atoms with Gasteiger partial charge in [0.25, 0.3) is 0 Å². The lowest BCUT2D eigenvalue weighted by atomic mass is 10.2. The van der Waals surface area contributed by atoms with E-state index in [1.54, 1.807) is 14.2 Å². The van der Waals surface area contributed by atoms with E-state index >= 15 is 0 Å². The average molecular weight is 426 g/mol. The number of ether oxygens (including phenoxy) is 4. The molecule has 0 atom stereocenters. The minimum Gasteiger partial charge on any atom is -0.528 e. The molecule has 2 fully saturated rings. The molecule has 4 rings (SSSR count). The molecule has 0 amide bonds. The molecule has 31 heavy (non-hydrogen) atoms. The molecule has 0 N–H and O–H groups in total. The van der Waals surface area contributed by atoms with E-state index in [1.807, 2.05) is 36.4 Å². The molecule has 7 heteroatoms. The lowest BCUT2D eigenvalue weighted by Crippen LogP contribution is -2.14. The zero-order valence-electron chi connectivity index (χ0n) is 18.4. The summed E-state index contributed by atoms with van der Waals surface area (Å²) in [6.45, 7) is 0. The first kappa shape index (κ1) is 21.5. The van der Waals surface area contributed by atoms with Crippen LogP contribution in [-0.4, -0.2) is 34.1 Å². The Morgan fingerprint density at radius 2 is 1.03 bits per heavy atom. The van der Waals surface area contributed by atoms with Gasteiger partial charge in [-0.2, -0.15) is 0 Å². The molecule has 2 saturated carbocycles. The highest BCUT2D eigenvalue weighted by atomic mass is 16.6. The molecule has 0 aliphatic heterocycles. The van der Waals surface area contributed by atoms with Crippen molar-refractivity contribution in [2.24, 2.45) is 0 Å². The Hall–Kier alpha value is -2.70. The molecule has 0 unspecified atom stereocenters. The van der Waals surface area contributed by atoms with Gasteiger partial charge < -0.3 is 28.3 Å². The van der Waals surface area contributed by atoms with E-state index in [2.05, 4.69) is 0 Å². The van der Waals surface area contributed by atoms with E-state index in [-0.39, 0.29) is 19.9 Å². The standard InChI is InChI=1S/C24H31BO6/c1-26-21-13-11-19(15-23(21)28-17-7-3-4-8-17)30-25-31-20-12-14-22(27-2)24(16-20)29-18-9-5-6-10-18/h11-18,25H,3-10H2,1-2H3. The Morgan fingerprint density at radius 1 is 0.613 bits per heavy atom. The lowest BCUT2D eigenvalue weighted by Gasteiger charge is -2.18. The molecule has 0 heterocycles. The molecule has 2 aliphatic rings. The predicted octanol–water partition coefficient (Wildman–Crippen LogP) is 5.07. The summed E-state index contributed by atoms with van der Waals surface area (Å²) < 4.78 is 34.8. The zero-order chi connectivity index (χ0) is 21.5. The highest BCUT2D eigenvalue weighted by molar-refractivity contribution is 6.20. The maximum Gasteiger partial charge on any atom is 0.576 e. The number of hydrogen-bond donors (Lipinski definition) is 0. The molecule has 2 aromatic rings. The fourth-order valence-electron chi connectivity index (χ4n) is 4.21. The Kier molecular flexibility index (Phi) is 7.33. The Morgan fingerprint density at radius 3 is 1.42 bits per heavy atom. The van der Waals surface area contributed by atoms with Crippen LogP contribution < -0.4 is 28.3 Å². The zero-order valence-corrected chi connectivity index (χ0v) is 18.4. The fourth-order valence-corrected chi connectivity index (χ4v) is 4.21. The van der Waals surface area contributed by atoms with Gasteiger partial charge in [-0.3, -0.25) is 0 Å². The summed E-state index contributed by atoms with van der Waals surface area (Å²) in [7, 11) is 3.37. The van der Waals surface area contributed by atoms with Gasteiger partial charge in [-0.25, -0.2) is 0 Å². The summed E-state index contributed by atoms with van der Waals surface area (Å²) in [4.78, 5) is 0. The van der Waals surface area contributed by atoms with Crippen LogP contribution in [0.1, 0.15) is 51.4 Å². The molecule has 0 saturated heterocycles. The number of methoxy groups -OCH3 is 2. The second-order valence-corrected chi connectivity index (χ2v) is 8.08. The van der Waals surface area contributed by atoms with Crippen molar-refractivity contribution in [3.8, 4) is 34.5 Å². The summed E-state index contributed by atoms with van der Waals surface area (Å²) in [5, 5.41) is 0. The Labute approximate surface area is 185 Å². The first-order valence-electron chi connectivity index (χ1n) is 11.2. The lowest BCUT2D eigenvalue weighted by molar-refractivity contribution is 0.200. The van der Waals surface area contributed by atoms with Gasteiger partial charge in [0.2, 0.25) is 0 Å². The summed E-state index contributed by atoms with van der Waals surface area (Å²) in [6.07, 6.45) is 9.68. The molecule has 0 bridgehead atoms. The van der Waals surface area contributed by atoms with E-state index < -0.39 is 0 Å². The molecule has 0 aromatic heterocycles. The third kappa shape index (κ3) is 5.72. The number of benzene rings is 2. The second kappa shape index (κ2) is 10.6. The molecule has 0 radical (unpaired) electrons. The van der Waals surface area contributed by atoms with E-state index in [9.17, 15) is 0 Å². The van der Waals surface area contributed by atoms with Crippen LogP contribution >= 0.6 is 0 Å². The monoisotopic (exact) mass is 426 g/mol. The molecule has 2 aromatic carbocycles. The van der Waals surface area contributed by atoms with Crippen molar-refractivity contribution in [3.05, 3.63) is 36.4 Å². The van der Waals surface area contributed by atoms with Gasteiger partial charge >= 0.3 is 7.69 Å². The maximum atomic E-state index is 6.13. The smallest absolute Gasteiger partial charge is 0.528 e. The molecule has 166 valence electrons. The third-order valence-electron chi connectivity index (χ3n) is 5.91. The quantitative estimate of drug-likeness (QED) is 0.495. The third-order valence-corrected chi connectivity index (χ3v) is 5.91. The first-order chi connectivity index (χ1) is 15.2. The van der Waals surface area contributed by atoms with Crippen LogP contribution in [0.5, 0.6) is 34.5 Å². The van der Waals surface area contributed by atoms with Gasteiger partial charge in [0.15, 0.2) is 23.0 Å². The van der Waals surface area contributed by atoms with Gasteiger partial charge in [0.05, 0.1) is 26.4 Å². The van der Waals surface area contributed by atoms with Crippen molar-refractivity contribution in [2.75, 3.05) is 14.2 Å². The molecular weight excluding hydrogens is 395 g/mol. The minimum absolute atomic E-state index is 0.0738. The van der Waals surface area contributed by atoms with Crippen molar-refractivity contribution in [1.29, 1.82) is 0 Å². The van der Waals surface area contributed by atoms with E-state index in [1.165, 1.54) is 25.7 Å². The van der Waals surface area contributed by atoms with Crippen molar-refractivity contribution >= 4 is 7.69 Å². The van der Waals surface area contributed by atoms with Gasteiger partial charge in [-0.1, -0.05) is 0 Å². The van der Waals surface area contributed by atoms with Crippen LogP contribution in [0.15, 0.2) is 36.4 Å². The number of rotatable bonds is 10. The summed E-state index contributed by atoms with van der Waals surface area (Å²) in [5.41, 5.74) is 0. The van der Waals surface area contributed by atoms with Gasteiger partial charge in [-0.15, -0.1) is 0 Å². The van der Waals surface area contributed by atoms with Crippen molar-refractivity contribution in [3.63, 3.8) is 0 Å². The van der Waals surface area contributed by atoms with Crippen molar-refractivity contribution in [1.82, 2.24) is 0 Å². The Bertz CT molecular complexity index is 776. The minimum atomic E-state index is 0.0738. The summed E-state index contributed by atoms with van der Waals surface area (Å²) in [5.74, 6) is 4.19. The van der Waals surface area contributed by atoms with Crippen LogP contribution in [0.25, 0.3) is 0 Å². The number of hydrogen-bond acceptors (Lipinski definition) is 6. The predicted molar refractivity (Wildman–Crippen MR) is 120 cm³/mol. The van der Waals surface area contributed by atoms with Crippen LogP contribution in [-0.2, 0) is 0 Å². The van der Waals surface area contributed by atoms with Crippen LogP contribution in [0.2, 0.25) is 0 Å². The first-order valence-corrected chi connectivity index (χ1v) is 11.2. The normalized spacial score (nSPS) is 16.7. The van der Waals surface area contributed by atoms with Gasteiger partial charge in [-0.05, 0) is 75.6 Å². The van der Waals surface area contributed by atoms with Crippen molar-refractivity contribution in [2.45, 2.75) is 63.6 Å². The second-order valence-electron chi connectivity index (χ2n) is 8.08. The fraction of sp³-hybridized carbons (Fsp3) is 0.500. The summed E-state index contributed by atoms with van der Waals surface area (Å²) in [6, 6.07) is 11.2. The van der Waals surface area contributed by atoms with Crippen LogP contribution in [0, 0.1) is 0 Å². The molecule has 2 aliphatic carbocycles. The maximum absolute atomic E-state index is 6.13. The van der Waals surface area contributed by atoms with E-state index in [4.69, 9.17) is 28.3 Å². The van der Waals surface area contributed by atoms with Gasteiger partial charge in [0, 0.05) is 12.1 Å². The molecule has 0 spiro atoms. The largest absolute Gasteiger partial charge is 0.576 e. The molecular formula is C24H31BO6. The average Bonchev–Trinajstić information content (AvgIpc) is 3.49. The topological polar surface area (TPSA) is 55.4 Å². The van der Waals surface area contributed by atoms with E-state index in [0.717, 1.165) is 25.7 Å². The Balaban J connectivity index is 1.36. The van der Waals surface area contributed by atoms with Gasteiger partial charge in [0.1, 0.15) is 11.5 Å². The highest BCUT2D eigenvalue weighted by Crippen LogP contribution is 2.36. The van der Waals surface area contributed by atoms with E-state index in [0.29, 0.717) is 34.5 Å². The summed E-state index contributed by atoms with van der Waals surface area (Å²) >= 11 is 0. The highest BCUT2D eigenvalue weighted by Gasteiger charge is 2.20. The van der Waals surface area contributed by atoms with Crippen LogP contribution in [0.3, 0.4) is 0 Å². The van der Waals surface area contributed by atoms with Crippen LogP contribution in [0.4, 0.5) is 0 Å². The molecule has 6 nitrogen and oxygen atoms in total. The van der Waals surface area contributed by atoms with Crippen molar-refractivity contribution < 1.29 is 28.3 Å².